The van der Waals surface area contributed by atoms with Crippen LogP contribution < -0.4 is 0 Å². The normalized spacial score (nSPS) is 27.7. The summed E-state index contributed by atoms with van der Waals surface area (Å²) in [5.74, 6) is -0.0111. The molecule has 1 heterocycles. The predicted octanol–water partition coefficient (Wildman–Crippen LogP) is 1.20. The first-order valence-electron chi connectivity index (χ1n) is 6.10. The minimum Gasteiger partial charge on any atom is -0.339 e. The van der Waals surface area contributed by atoms with Crippen LogP contribution in [0.2, 0.25) is 0 Å². The third-order valence-corrected chi connectivity index (χ3v) is 5.83. The lowest BCUT2D eigenvalue weighted by molar-refractivity contribution is -0.138. The molecule has 2 rings (SSSR count). The van der Waals surface area contributed by atoms with Crippen LogP contribution in [0.3, 0.4) is 0 Å². The third kappa shape index (κ3) is 3.02. The minimum atomic E-state index is -2.96. The van der Waals surface area contributed by atoms with E-state index in [-0.39, 0.29) is 23.3 Å². The number of carbonyl (C=O) groups excluding carboxylic acids is 1. The summed E-state index contributed by atoms with van der Waals surface area (Å²) < 4.78 is 22.8. The van der Waals surface area contributed by atoms with Crippen LogP contribution in [-0.2, 0) is 14.6 Å². The first-order valence-corrected chi connectivity index (χ1v) is 9.04. The van der Waals surface area contributed by atoms with Crippen LogP contribution in [0.5, 0.6) is 0 Å². The van der Waals surface area contributed by atoms with Crippen LogP contribution in [0, 0.1) is 5.92 Å². The molecular weight excluding hydrogens is 306 g/mol. The fraction of sp³-hybridized carbons (Fsp3) is 0.909. The second-order valence-corrected chi connectivity index (χ2v) is 7.93. The lowest BCUT2D eigenvalue weighted by Gasteiger charge is -2.38. The van der Waals surface area contributed by atoms with E-state index in [0.717, 1.165) is 18.2 Å². The monoisotopic (exact) mass is 323 g/mol. The summed E-state index contributed by atoms with van der Waals surface area (Å²) in [6, 6.07) is 0.350. The predicted molar refractivity (Wildman–Crippen MR) is 69.9 cm³/mol. The number of nitrogens with zero attached hydrogens (tertiary/aromatic N) is 1. The number of alkyl halides is 1. The molecule has 4 nitrogen and oxygen atoms in total. The van der Waals surface area contributed by atoms with Crippen molar-refractivity contribution < 1.29 is 13.2 Å². The highest BCUT2D eigenvalue weighted by molar-refractivity contribution is 9.09. The van der Waals surface area contributed by atoms with Gasteiger partial charge in [0.25, 0.3) is 0 Å². The fourth-order valence-corrected chi connectivity index (χ4v) is 4.60. The second-order valence-electron chi connectivity index (χ2n) is 4.91. The Labute approximate surface area is 111 Å². The molecular formula is C11H18BrNO3S. The Morgan fingerprint density at radius 2 is 2.00 bits per heavy atom. The Morgan fingerprint density at radius 3 is 2.41 bits per heavy atom. The van der Waals surface area contributed by atoms with Gasteiger partial charge in [-0.2, -0.15) is 0 Å². The van der Waals surface area contributed by atoms with Crippen molar-refractivity contribution in [1.29, 1.82) is 0 Å². The van der Waals surface area contributed by atoms with Gasteiger partial charge < -0.3 is 4.90 Å². The number of carbonyl (C=O) groups is 1. The van der Waals surface area contributed by atoms with E-state index in [2.05, 4.69) is 15.9 Å². The summed E-state index contributed by atoms with van der Waals surface area (Å²) in [5.41, 5.74) is 0. The molecule has 2 aliphatic rings. The molecule has 0 bridgehead atoms. The van der Waals surface area contributed by atoms with Gasteiger partial charge in [0.2, 0.25) is 5.91 Å². The molecule has 1 amide bonds. The lowest BCUT2D eigenvalue weighted by Crippen LogP contribution is -2.47. The Balaban J connectivity index is 2.01. The molecule has 17 heavy (non-hydrogen) atoms. The summed E-state index contributed by atoms with van der Waals surface area (Å²) >= 11 is 3.36. The molecule has 1 atom stereocenters. The Bertz CT molecular complexity index is 392. The van der Waals surface area contributed by atoms with Crippen molar-refractivity contribution in [2.24, 2.45) is 5.92 Å². The summed E-state index contributed by atoms with van der Waals surface area (Å²) in [7, 11) is -2.96. The standard InChI is InChI=1S/C11H18BrNO3S/c12-5-6-13(10-2-1-3-10)11(14)9-4-7-17(15,16)8-9/h9-10H,1-8H2. The van der Waals surface area contributed by atoms with Gasteiger partial charge in [-0.05, 0) is 25.7 Å². The van der Waals surface area contributed by atoms with E-state index in [1.807, 2.05) is 4.90 Å². The van der Waals surface area contributed by atoms with Crippen molar-refractivity contribution in [3.8, 4) is 0 Å². The van der Waals surface area contributed by atoms with E-state index >= 15 is 0 Å². The maximum atomic E-state index is 12.3. The molecule has 0 aromatic rings. The van der Waals surface area contributed by atoms with Gasteiger partial charge in [0, 0.05) is 17.9 Å². The van der Waals surface area contributed by atoms with Gasteiger partial charge in [-0.25, -0.2) is 8.42 Å². The highest BCUT2D eigenvalue weighted by Crippen LogP contribution is 2.28. The van der Waals surface area contributed by atoms with Gasteiger partial charge in [-0.15, -0.1) is 0 Å². The van der Waals surface area contributed by atoms with Crippen molar-refractivity contribution >= 4 is 31.7 Å². The number of amides is 1. The van der Waals surface area contributed by atoms with Crippen molar-refractivity contribution in [2.45, 2.75) is 31.7 Å². The molecule has 0 radical (unpaired) electrons. The van der Waals surface area contributed by atoms with E-state index in [0.29, 0.717) is 19.0 Å². The van der Waals surface area contributed by atoms with Gasteiger partial charge in [-0.1, -0.05) is 15.9 Å². The van der Waals surface area contributed by atoms with Gasteiger partial charge in [0.05, 0.1) is 17.4 Å². The number of sulfone groups is 1. The average Bonchev–Trinajstić information content (AvgIpc) is 2.54. The molecule has 1 saturated carbocycles. The van der Waals surface area contributed by atoms with E-state index in [4.69, 9.17) is 0 Å². The first kappa shape index (κ1) is 13.3. The van der Waals surface area contributed by atoms with Crippen molar-refractivity contribution in [2.75, 3.05) is 23.4 Å². The third-order valence-electron chi connectivity index (χ3n) is 3.71. The number of rotatable bonds is 4. The Morgan fingerprint density at radius 1 is 1.29 bits per heavy atom. The van der Waals surface area contributed by atoms with Crippen LogP contribution in [0.25, 0.3) is 0 Å². The maximum Gasteiger partial charge on any atom is 0.227 e. The molecule has 0 spiro atoms. The maximum absolute atomic E-state index is 12.3. The van der Waals surface area contributed by atoms with Gasteiger partial charge in [-0.3, -0.25) is 4.79 Å². The summed E-state index contributed by atoms with van der Waals surface area (Å²) in [6.07, 6.45) is 3.82. The average molecular weight is 324 g/mol. The van der Waals surface area contributed by atoms with E-state index < -0.39 is 9.84 Å². The lowest BCUT2D eigenvalue weighted by atomic mass is 9.90. The molecule has 1 saturated heterocycles. The topological polar surface area (TPSA) is 54.5 Å². The molecule has 98 valence electrons. The number of hydrogen-bond acceptors (Lipinski definition) is 3. The highest BCUT2D eigenvalue weighted by Gasteiger charge is 2.38. The molecule has 0 aromatic carbocycles. The molecule has 6 heteroatoms. The number of hydrogen-bond donors (Lipinski definition) is 0. The van der Waals surface area contributed by atoms with Crippen molar-refractivity contribution in [3.05, 3.63) is 0 Å². The molecule has 0 aromatic heterocycles. The quantitative estimate of drug-likeness (QED) is 0.730. The molecule has 0 N–H and O–H groups in total. The fourth-order valence-electron chi connectivity index (χ4n) is 2.49. The summed E-state index contributed by atoms with van der Waals surface area (Å²) in [5, 5.41) is 0.759. The second kappa shape index (κ2) is 5.26. The molecule has 1 aliphatic heterocycles. The largest absolute Gasteiger partial charge is 0.339 e. The van der Waals surface area contributed by atoms with Crippen LogP contribution >= 0.6 is 15.9 Å². The van der Waals surface area contributed by atoms with Crippen LogP contribution in [-0.4, -0.2) is 48.6 Å². The molecule has 2 fully saturated rings. The zero-order valence-corrected chi connectivity index (χ0v) is 12.2. The minimum absolute atomic E-state index is 0.0511. The summed E-state index contributed by atoms with van der Waals surface area (Å²) in [4.78, 5) is 14.2. The Hall–Kier alpha value is -0.100. The summed E-state index contributed by atoms with van der Waals surface area (Å²) in [6.45, 7) is 0.694. The van der Waals surface area contributed by atoms with Gasteiger partial charge >= 0.3 is 0 Å². The van der Waals surface area contributed by atoms with Crippen molar-refractivity contribution in [3.63, 3.8) is 0 Å². The van der Waals surface area contributed by atoms with Crippen LogP contribution in [0.4, 0.5) is 0 Å². The van der Waals surface area contributed by atoms with Crippen LogP contribution in [0.15, 0.2) is 0 Å². The zero-order chi connectivity index (χ0) is 12.5. The van der Waals surface area contributed by atoms with E-state index in [1.165, 1.54) is 6.42 Å². The number of halogens is 1. The highest BCUT2D eigenvalue weighted by atomic mass is 79.9. The van der Waals surface area contributed by atoms with E-state index in [9.17, 15) is 13.2 Å². The molecule has 1 unspecified atom stereocenters. The first-order chi connectivity index (χ1) is 8.03. The van der Waals surface area contributed by atoms with Crippen molar-refractivity contribution in [1.82, 2.24) is 4.90 Å². The van der Waals surface area contributed by atoms with Gasteiger partial charge in [0.15, 0.2) is 9.84 Å². The molecule has 1 aliphatic carbocycles. The van der Waals surface area contributed by atoms with E-state index in [1.54, 1.807) is 0 Å². The smallest absolute Gasteiger partial charge is 0.227 e. The van der Waals surface area contributed by atoms with Crippen LogP contribution in [0.1, 0.15) is 25.7 Å². The Kier molecular flexibility index (Phi) is 4.13. The van der Waals surface area contributed by atoms with Gasteiger partial charge in [0.1, 0.15) is 0 Å². The SMILES string of the molecule is O=C(C1CCS(=O)(=O)C1)N(CCBr)C1CCC1. The zero-order valence-electron chi connectivity index (χ0n) is 9.77.